The molecule has 1 nitrogen and oxygen atoms in total. The molecule has 0 spiro atoms. The lowest BCUT2D eigenvalue weighted by molar-refractivity contribution is 0.669. The van der Waals surface area contributed by atoms with Crippen LogP contribution >= 0.6 is 0 Å². The van der Waals surface area contributed by atoms with Crippen LogP contribution in [0.5, 0.6) is 0 Å². The van der Waals surface area contributed by atoms with Crippen LogP contribution in [0.15, 0.2) is 247 Å². The van der Waals surface area contributed by atoms with Crippen molar-refractivity contribution in [3.05, 3.63) is 243 Å². The zero-order valence-electron chi connectivity index (χ0n) is 36.5. The van der Waals surface area contributed by atoms with Crippen molar-refractivity contribution >= 4 is 86.6 Å². The molecule has 14 rings (SSSR count). The van der Waals surface area contributed by atoms with Crippen LogP contribution in [0.25, 0.3) is 142 Å². The van der Waals surface area contributed by atoms with Gasteiger partial charge in [-0.1, -0.05) is 218 Å². The molecule has 0 aliphatic carbocycles. The number of rotatable bonds is 5. The predicted molar refractivity (Wildman–Crippen MR) is 286 cm³/mol. The van der Waals surface area contributed by atoms with Crippen LogP contribution in [0.4, 0.5) is 0 Å². The standard InChI is InChI=1S/C66H40O/c1-2-17-43(18-3-1)62-46-21-4-6-23-48(46)63(49-24-7-5-22-47(49)62)54-30-14-19-41-35-37-44(39-58(41)54)45-38-36-42-20-15-31-55(59(42)40-45)64-50-25-8-10-27-52(50)65(53-28-11-9-26-51(53)64)57-32-16-34-61-66(57)56-29-12-13-33-60(56)67-61/h1-40H. The van der Waals surface area contributed by atoms with E-state index in [1.807, 2.05) is 6.07 Å². The van der Waals surface area contributed by atoms with Gasteiger partial charge in [-0.15, -0.1) is 0 Å². The third-order valence-electron chi connectivity index (χ3n) is 14.2. The number of para-hydroxylation sites is 1. The van der Waals surface area contributed by atoms with Crippen molar-refractivity contribution in [1.29, 1.82) is 0 Å². The molecular weight excluding hydrogens is 809 g/mol. The van der Waals surface area contributed by atoms with E-state index in [9.17, 15) is 0 Å². The molecule has 0 unspecified atom stereocenters. The second kappa shape index (κ2) is 14.9. The quantitative estimate of drug-likeness (QED) is 0.157. The number of furan rings is 1. The third-order valence-corrected chi connectivity index (χ3v) is 14.2. The Morgan fingerprint density at radius 3 is 1.07 bits per heavy atom. The van der Waals surface area contributed by atoms with E-state index in [4.69, 9.17) is 4.42 Å². The van der Waals surface area contributed by atoms with Gasteiger partial charge in [0, 0.05) is 10.8 Å². The Balaban J connectivity index is 0.982. The molecule has 0 aliphatic heterocycles. The van der Waals surface area contributed by atoms with Gasteiger partial charge in [-0.25, -0.2) is 0 Å². The minimum atomic E-state index is 0.904. The number of hydrogen-bond donors (Lipinski definition) is 0. The molecule has 67 heavy (non-hydrogen) atoms. The summed E-state index contributed by atoms with van der Waals surface area (Å²) in [5.41, 5.74) is 14.1. The van der Waals surface area contributed by atoms with Gasteiger partial charge in [0.1, 0.15) is 11.2 Å². The van der Waals surface area contributed by atoms with Gasteiger partial charge < -0.3 is 4.42 Å². The average Bonchev–Trinajstić information content (AvgIpc) is 3.78. The third kappa shape index (κ3) is 5.75. The maximum absolute atomic E-state index is 6.43. The summed E-state index contributed by atoms with van der Waals surface area (Å²) >= 11 is 0. The van der Waals surface area contributed by atoms with Crippen molar-refractivity contribution in [2.24, 2.45) is 0 Å². The lowest BCUT2D eigenvalue weighted by Gasteiger charge is -2.20. The first-order valence-electron chi connectivity index (χ1n) is 23.2. The molecule has 1 heterocycles. The topological polar surface area (TPSA) is 13.1 Å². The van der Waals surface area contributed by atoms with Crippen LogP contribution in [0.2, 0.25) is 0 Å². The largest absolute Gasteiger partial charge is 0.456 e. The highest BCUT2D eigenvalue weighted by Gasteiger charge is 2.22. The normalized spacial score (nSPS) is 11.9. The zero-order chi connectivity index (χ0) is 44.0. The maximum Gasteiger partial charge on any atom is 0.136 e. The van der Waals surface area contributed by atoms with E-state index >= 15 is 0 Å². The van der Waals surface area contributed by atoms with Crippen LogP contribution in [-0.2, 0) is 0 Å². The Morgan fingerprint density at radius 2 is 0.582 bits per heavy atom. The monoisotopic (exact) mass is 848 g/mol. The van der Waals surface area contributed by atoms with Gasteiger partial charge in [-0.2, -0.15) is 0 Å². The van der Waals surface area contributed by atoms with Crippen molar-refractivity contribution in [2.75, 3.05) is 0 Å². The molecule has 0 bridgehead atoms. The molecule has 0 amide bonds. The molecule has 0 aliphatic rings. The Kier molecular flexibility index (Phi) is 8.35. The van der Waals surface area contributed by atoms with Gasteiger partial charge in [0.2, 0.25) is 0 Å². The molecular formula is C66H40O. The second-order valence-electron chi connectivity index (χ2n) is 17.8. The Morgan fingerprint density at radius 1 is 0.209 bits per heavy atom. The number of fused-ring (bicyclic) bond motifs is 9. The van der Waals surface area contributed by atoms with Crippen molar-refractivity contribution < 1.29 is 4.42 Å². The van der Waals surface area contributed by atoms with Crippen LogP contribution in [-0.4, -0.2) is 0 Å². The molecule has 0 saturated heterocycles. The SMILES string of the molecule is c1ccc(-c2c3ccccc3c(-c3cccc4ccc(-c5ccc6cccc(-c7c8ccccc8c(-c8cccc9oc%10ccccc%10c89)c8ccccc78)c6c5)cc34)c3ccccc23)cc1. The first-order chi connectivity index (χ1) is 33.3. The summed E-state index contributed by atoms with van der Waals surface area (Å²) in [5.74, 6) is 0. The summed E-state index contributed by atoms with van der Waals surface area (Å²) < 4.78 is 6.43. The van der Waals surface area contributed by atoms with Crippen molar-refractivity contribution in [3.63, 3.8) is 0 Å². The summed E-state index contributed by atoms with van der Waals surface area (Å²) in [4.78, 5) is 0. The van der Waals surface area contributed by atoms with E-state index in [1.54, 1.807) is 0 Å². The molecule has 0 radical (unpaired) electrons. The van der Waals surface area contributed by atoms with Crippen LogP contribution in [0, 0.1) is 0 Å². The first kappa shape index (κ1) is 37.6. The van der Waals surface area contributed by atoms with E-state index in [-0.39, 0.29) is 0 Å². The summed E-state index contributed by atoms with van der Waals surface area (Å²) in [7, 11) is 0. The van der Waals surface area contributed by atoms with Gasteiger partial charge in [0.05, 0.1) is 0 Å². The van der Waals surface area contributed by atoms with Gasteiger partial charge in [-0.3, -0.25) is 0 Å². The molecule has 13 aromatic carbocycles. The molecule has 1 heteroatoms. The minimum absolute atomic E-state index is 0.904. The fourth-order valence-corrected chi connectivity index (χ4v) is 11.4. The van der Waals surface area contributed by atoms with Crippen molar-refractivity contribution in [1.82, 2.24) is 0 Å². The summed E-state index contributed by atoms with van der Waals surface area (Å²) in [6.45, 7) is 0. The van der Waals surface area contributed by atoms with Crippen molar-refractivity contribution in [2.45, 2.75) is 0 Å². The van der Waals surface area contributed by atoms with Gasteiger partial charge in [0.15, 0.2) is 0 Å². The lowest BCUT2D eigenvalue weighted by atomic mass is 9.83. The van der Waals surface area contributed by atoms with Crippen molar-refractivity contribution in [3.8, 4) is 55.6 Å². The van der Waals surface area contributed by atoms with Gasteiger partial charge >= 0.3 is 0 Å². The smallest absolute Gasteiger partial charge is 0.136 e. The zero-order valence-corrected chi connectivity index (χ0v) is 36.5. The summed E-state index contributed by atoms with van der Waals surface area (Å²) in [5, 5.41) is 17.1. The molecule has 1 aromatic heterocycles. The maximum atomic E-state index is 6.43. The van der Waals surface area contributed by atoms with E-state index < -0.39 is 0 Å². The average molecular weight is 849 g/mol. The Labute approximate surface area is 387 Å². The summed E-state index contributed by atoms with van der Waals surface area (Å²) in [6.07, 6.45) is 0. The molecule has 310 valence electrons. The van der Waals surface area contributed by atoms with E-state index in [2.05, 4.69) is 237 Å². The highest BCUT2D eigenvalue weighted by molar-refractivity contribution is 6.28. The molecule has 0 saturated carbocycles. The first-order valence-corrected chi connectivity index (χ1v) is 23.2. The minimum Gasteiger partial charge on any atom is -0.456 e. The highest BCUT2D eigenvalue weighted by Crippen LogP contribution is 2.49. The Hall–Kier alpha value is -8.78. The molecule has 0 fully saturated rings. The van der Waals surface area contributed by atoms with Gasteiger partial charge in [-0.05, 0) is 145 Å². The molecule has 0 N–H and O–H groups in total. The number of hydrogen-bond acceptors (Lipinski definition) is 1. The van der Waals surface area contributed by atoms with Crippen LogP contribution < -0.4 is 0 Å². The number of benzene rings is 13. The Bertz CT molecular complexity index is 4210. The van der Waals surface area contributed by atoms with E-state index in [0.29, 0.717) is 0 Å². The van der Waals surface area contributed by atoms with E-state index in [1.165, 1.54) is 120 Å². The highest BCUT2D eigenvalue weighted by atomic mass is 16.3. The van der Waals surface area contributed by atoms with Crippen LogP contribution in [0.1, 0.15) is 0 Å². The lowest BCUT2D eigenvalue weighted by Crippen LogP contribution is -1.92. The summed E-state index contributed by atoms with van der Waals surface area (Å²) in [6, 6.07) is 89.2. The van der Waals surface area contributed by atoms with Gasteiger partial charge in [0.25, 0.3) is 0 Å². The predicted octanol–water partition coefficient (Wildman–Crippen LogP) is 18.8. The fourth-order valence-electron chi connectivity index (χ4n) is 11.4. The van der Waals surface area contributed by atoms with Crippen LogP contribution in [0.3, 0.4) is 0 Å². The van der Waals surface area contributed by atoms with E-state index in [0.717, 1.165) is 21.9 Å². The molecule has 0 atom stereocenters. The molecule has 14 aromatic rings. The second-order valence-corrected chi connectivity index (χ2v) is 17.8. The fraction of sp³-hybridized carbons (Fsp3) is 0.